The zero-order chi connectivity index (χ0) is 57.1. The van der Waals surface area contributed by atoms with E-state index in [1.54, 1.807) is 0 Å². The lowest BCUT2D eigenvalue weighted by molar-refractivity contribution is -0.167. The average Bonchev–Trinajstić information content (AvgIpc) is 3.45. The minimum atomic E-state index is -0.772. The molecule has 0 saturated carbocycles. The number of unbranched alkanes of at least 4 members (excludes halogenated alkanes) is 49. The summed E-state index contributed by atoms with van der Waals surface area (Å²) in [6.45, 7) is 6.67. The summed E-state index contributed by atoms with van der Waals surface area (Å²) in [7, 11) is 0. The van der Waals surface area contributed by atoms with Gasteiger partial charge in [0.25, 0.3) is 0 Å². The third-order valence-corrected chi connectivity index (χ3v) is 16.1. The average molecular weight is 1110 g/mol. The van der Waals surface area contributed by atoms with Crippen LogP contribution in [0.5, 0.6) is 0 Å². The zero-order valence-corrected chi connectivity index (χ0v) is 53.4. The first-order valence-corrected chi connectivity index (χ1v) is 35.5. The highest BCUT2D eigenvalue weighted by Gasteiger charge is 2.19. The van der Waals surface area contributed by atoms with Gasteiger partial charge in [0.15, 0.2) is 6.10 Å². The van der Waals surface area contributed by atoms with Gasteiger partial charge in [-0.25, -0.2) is 0 Å². The van der Waals surface area contributed by atoms with Crippen molar-refractivity contribution in [3.05, 3.63) is 36.5 Å². The summed E-state index contributed by atoms with van der Waals surface area (Å²) in [5.41, 5.74) is 0. The Labute approximate surface area is 493 Å². The Balaban J connectivity index is 4.01. The maximum absolute atomic E-state index is 12.9. The summed E-state index contributed by atoms with van der Waals surface area (Å²) in [6.07, 6.45) is 84.8. The summed E-state index contributed by atoms with van der Waals surface area (Å²) in [5.74, 6) is -0.852. The summed E-state index contributed by atoms with van der Waals surface area (Å²) >= 11 is 0. The molecule has 464 valence electrons. The van der Waals surface area contributed by atoms with Crippen LogP contribution in [0.4, 0.5) is 0 Å². The van der Waals surface area contributed by atoms with E-state index in [9.17, 15) is 14.4 Å². The quantitative estimate of drug-likeness (QED) is 0.0261. The third kappa shape index (κ3) is 66.3. The van der Waals surface area contributed by atoms with Crippen molar-refractivity contribution in [1.29, 1.82) is 0 Å². The number of allylic oxidation sites excluding steroid dienone is 6. The first kappa shape index (κ1) is 76.6. The molecule has 0 aromatic rings. The number of hydrogen-bond donors (Lipinski definition) is 0. The molecule has 0 N–H and O–H groups in total. The van der Waals surface area contributed by atoms with Gasteiger partial charge in [-0.3, -0.25) is 14.4 Å². The smallest absolute Gasteiger partial charge is 0.306 e. The predicted octanol–water partition coefficient (Wildman–Crippen LogP) is 24.3. The fourth-order valence-corrected chi connectivity index (χ4v) is 10.8. The van der Waals surface area contributed by atoms with Gasteiger partial charge in [0, 0.05) is 19.3 Å². The van der Waals surface area contributed by atoms with Crippen LogP contribution in [0.1, 0.15) is 393 Å². The van der Waals surface area contributed by atoms with E-state index in [2.05, 4.69) is 57.2 Å². The number of ether oxygens (including phenoxy) is 3. The van der Waals surface area contributed by atoms with E-state index in [-0.39, 0.29) is 31.1 Å². The molecule has 0 radical (unpaired) electrons. The van der Waals surface area contributed by atoms with Crippen LogP contribution in [0.3, 0.4) is 0 Å². The second-order valence-electron chi connectivity index (χ2n) is 24.1. The fourth-order valence-electron chi connectivity index (χ4n) is 10.8. The molecule has 0 aliphatic heterocycles. The van der Waals surface area contributed by atoms with Gasteiger partial charge >= 0.3 is 17.9 Å². The van der Waals surface area contributed by atoms with Crippen molar-refractivity contribution >= 4 is 17.9 Å². The molecule has 0 fully saturated rings. The summed E-state index contributed by atoms with van der Waals surface area (Å²) < 4.78 is 16.9. The molecule has 6 nitrogen and oxygen atoms in total. The molecular weight excluding hydrogens is 973 g/mol. The van der Waals surface area contributed by atoms with Crippen molar-refractivity contribution in [3.63, 3.8) is 0 Å². The second-order valence-corrected chi connectivity index (χ2v) is 24.1. The number of carbonyl (C=O) groups is 3. The van der Waals surface area contributed by atoms with Gasteiger partial charge in [0.1, 0.15) is 13.2 Å². The molecule has 0 aliphatic rings. The minimum Gasteiger partial charge on any atom is -0.462 e. The van der Waals surface area contributed by atoms with Gasteiger partial charge in [0.05, 0.1) is 0 Å². The monoisotopic (exact) mass is 1110 g/mol. The lowest BCUT2D eigenvalue weighted by atomic mass is 10.0. The Morgan fingerprint density at radius 2 is 0.456 bits per heavy atom. The van der Waals surface area contributed by atoms with Crippen molar-refractivity contribution in [2.45, 2.75) is 399 Å². The maximum Gasteiger partial charge on any atom is 0.306 e. The molecule has 1 atom stereocenters. The number of rotatable bonds is 66. The highest BCUT2D eigenvalue weighted by Crippen LogP contribution is 2.18. The molecule has 79 heavy (non-hydrogen) atoms. The van der Waals surface area contributed by atoms with Crippen LogP contribution in [0.15, 0.2) is 36.5 Å². The first-order valence-electron chi connectivity index (χ1n) is 35.5. The standard InChI is InChI=1S/C73H136O6/c1-4-7-10-13-16-19-22-25-26-27-28-29-30-31-32-33-34-35-36-37-38-39-40-41-42-43-44-45-46-49-51-54-57-60-63-66-72(75)78-69-70(79-73(76)67-64-61-58-55-52-48-24-21-18-15-12-9-6-3)68-77-71(74)65-62-59-56-53-50-47-23-20-17-14-11-8-5-2/h21-22,24-25,27-28,70H,4-20,23,26,29-69H2,1-3H3/b24-21-,25-22-,28-27-. The van der Waals surface area contributed by atoms with E-state index < -0.39 is 6.10 Å². The molecular formula is C73H136O6. The highest BCUT2D eigenvalue weighted by atomic mass is 16.6. The van der Waals surface area contributed by atoms with Gasteiger partial charge < -0.3 is 14.2 Å². The molecule has 0 rings (SSSR count). The van der Waals surface area contributed by atoms with Crippen molar-refractivity contribution < 1.29 is 28.6 Å². The normalized spacial score (nSPS) is 12.2. The van der Waals surface area contributed by atoms with E-state index >= 15 is 0 Å². The Kier molecular flexibility index (Phi) is 66.1. The topological polar surface area (TPSA) is 78.9 Å². The van der Waals surface area contributed by atoms with E-state index in [0.717, 1.165) is 70.6 Å². The van der Waals surface area contributed by atoms with Crippen molar-refractivity contribution in [3.8, 4) is 0 Å². The number of hydrogen-bond acceptors (Lipinski definition) is 6. The lowest BCUT2D eigenvalue weighted by Gasteiger charge is -2.18. The first-order chi connectivity index (χ1) is 39.0. The van der Waals surface area contributed by atoms with Crippen LogP contribution in [-0.2, 0) is 28.6 Å². The van der Waals surface area contributed by atoms with E-state index in [1.165, 1.54) is 283 Å². The summed E-state index contributed by atoms with van der Waals surface area (Å²) in [5, 5.41) is 0. The van der Waals surface area contributed by atoms with Gasteiger partial charge in [-0.2, -0.15) is 0 Å². The lowest BCUT2D eigenvalue weighted by Crippen LogP contribution is -2.30. The van der Waals surface area contributed by atoms with Gasteiger partial charge in [-0.05, 0) is 77.0 Å². The van der Waals surface area contributed by atoms with Gasteiger partial charge in [-0.15, -0.1) is 0 Å². The van der Waals surface area contributed by atoms with Crippen LogP contribution in [0.25, 0.3) is 0 Å². The van der Waals surface area contributed by atoms with Crippen LogP contribution in [-0.4, -0.2) is 37.2 Å². The van der Waals surface area contributed by atoms with E-state index in [4.69, 9.17) is 14.2 Å². The molecule has 0 saturated heterocycles. The summed E-state index contributed by atoms with van der Waals surface area (Å²) in [6, 6.07) is 0. The van der Waals surface area contributed by atoms with E-state index in [1.807, 2.05) is 0 Å². The molecule has 6 heteroatoms. The summed E-state index contributed by atoms with van der Waals surface area (Å²) in [4.78, 5) is 38.3. The largest absolute Gasteiger partial charge is 0.462 e. The van der Waals surface area contributed by atoms with E-state index in [0.29, 0.717) is 19.3 Å². The van der Waals surface area contributed by atoms with Gasteiger partial charge in [0.2, 0.25) is 0 Å². The molecule has 0 heterocycles. The zero-order valence-electron chi connectivity index (χ0n) is 53.4. The molecule has 0 amide bonds. The fraction of sp³-hybridized carbons (Fsp3) is 0.877. The molecule has 0 aromatic heterocycles. The molecule has 1 unspecified atom stereocenters. The van der Waals surface area contributed by atoms with Crippen molar-refractivity contribution in [2.24, 2.45) is 0 Å². The van der Waals surface area contributed by atoms with Crippen LogP contribution >= 0.6 is 0 Å². The second kappa shape index (κ2) is 68.1. The molecule has 0 aromatic carbocycles. The van der Waals surface area contributed by atoms with Crippen LogP contribution in [0.2, 0.25) is 0 Å². The Morgan fingerprint density at radius 3 is 0.722 bits per heavy atom. The Hall–Kier alpha value is -2.37. The van der Waals surface area contributed by atoms with Crippen LogP contribution < -0.4 is 0 Å². The highest BCUT2D eigenvalue weighted by molar-refractivity contribution is 5.71. The number of carbonyl (C=O) groups excluding carboxylic acids is 3. The van der Waals surface area contributed by atoms with Crippen LogP contribution in [0, 0.1) is 0 Å². The molecule has 0 aliphatic carbocycles. The molecule has 0 spiro atoms. The number of esters is 3. The Bertz CT molecular complexity index is 1320. The Morgan fingerprint density at radius 1 is 0.253 bits per heavy atom. The van der Waals surface area contributed by atoms with Crippen molar-refractivity contribution in [2.75, 3.05) is 13.2 Å². The predicted molar refractivity (Wildman–Crippen MR) is 344 cm³/mol. The maximum atomic E-state index is 12.9. The third-order valence-electron chi connectivity index (χ3n) is 16.1. The van der Waals surface area contributed by atoms with Gasteiger partial charge in [-0.1, -0.05) is 333 Å². The SMILES string of the molecule is CCCCCC/C=C\CCCCCCCC(=O)OC(COC(=O)CCCCCCCCCCCCCCC)COC(=O)CCCCCCCCCCCCCCCCCCCCCCCCC/C=C\C/C=C\CCCCCCC. The molecule has 0 bridgehead atoms. The van der Waals surface area contributed by atoms with Crippen molar-refractivity contribution in [1.82, 2.24) is 0 Å². The minimum absolute atomic E-state index is 0.0692.